The van der Waals surface area contributed by atoms with Crippen LogP contribution in [0, 0.1) is 25.5 Å². The minimum absolute atomic E-state index is 0.226. The molecule has 150 valence electrons. The van der Waals surface area contributed by atoms with Crippen LogP contribution in [0.25, 0.3) is 5.57 Å². The van der Waals surface area contributed by atoms with Crippen molar-refractivity contribution in [3.05, 3.63) is 70.4 Å². The zero-order chi connectivity index (χ0) is 20.7. The monoisotopic (exact) mass is 398 g/mol. The number of carbonyl (C=O) groups excluding carboxylic acids is 2. The Hall–Kier alpha value is -3.06. The fraction of sp³-hybridized carbons (Fsp3) is 0.273. The summed E-state index contributed by atoms with van der Waals surface area (Å²) in [6.07, 6.45) is 0. The van der Waals surface area contributed by atoms with E-state index in [4.69, 9.17) is 4.74 Å². The Kier molecular flexibility index (Phi) is 4.92. The van der Waals surface area contributed by atoms with Crippen LogP contribution in [0.15, 0.2) is 42.1 Å². The summed E-state index contributed by atoms with van der Waals surface area (Å²) in [5, 5.41) is 0. The lowest BCUT2D eigenvalue weighted by molar-refractivity contribution is -0.121. The number of anilines is 1. The topological polar surface area (TPSA) is 49.9 Å². The van der Waals surface area contributed by atoms with Crippen LogP contribution in [0.4, 0.5) is 14.5 Å². The molecule has 2 aliphatic heterocycles. The Morgan fingerprint density at radius 1 is 0.897 bits per heavy atom. The van der Waals surface area contributed by atoms with Gasteiger partial charge in [-0.25, -0.2) is 13.7 Å². The predicted molar refractivity (Wildman–Crippen MR) is 104 cm³/mol. The molecule has 29 heavy (non-hydrogen) atoms. The van der Waals surface area contributed by atoms with Gasteiger partial charge in [0.2, 0.25) is 0 Å². The molecule has 2 amide bonds. The molecule has 1 fully saturated rings. The van der Waals surface area contributed by atoms with Crippen molar-refractivity contribution in [2.75, 3.05) is 31.2 Å². The number of rotatable bonds is 3. The molecule has 0 bridgehead atoms. The van der Waals surface area contributed by atoms with E-state index in [0.717, 1.165) is 28.2 Å². The van der Waals surface area contributed by atoms with Gasteiger partial charge in [0.1, 0.15) is 17.3 Å². The van der Waals surface area contributed by atoms with Gasteiger partial charge in [0.25, 0.3) is 11.8 Å². The van der Waals surface area contributed by atoms with E-state index in [9.17, 15) is 18.4 Å². The van der Waals surface area contributed by atoms with E-state index < -0.39 is 23.4 Å². The molecule has 0 unspecified atom stereocenters. The van der Waals surface area contributed by atoms with Gasteiger partial charge in [0.05, 0.1) is 24.5 Å². The molecule has 5 nitrogen and oxygen atoms in total. The van der Waals surface area contributed by atoms with Crippen molar-refractivity contribution in [3.8, 4) is 0 Å². The summed E-state index contributed by atoms with van der Waals surface area (Å²) in [6, 6.07) is 8.32. The van der Waals surface area contributed by atoms with E-state index in [1.54, 1.807) is 11.0 Å². The van der Waals surface area contributed by atoms with Crippen LogP contribution < -0.4 is 4.90 Å². The summed E-state index contributed by atoms with van der Waals surface area (Å²) in [5.41, 5.74) is 2.82. The fourth-order valence-electron chi connectivity index (χ4n) is 3.64. The number of amides is 2. The average Bonchev–Trinajstić information content (AvgIpc) is 2.95. The number of nitrogens with zero attached hydrogens (tertiary/aromatic N) is 2. The highest BCUT2D eigenvalue weighted by molar-refractivity contribution is 6.45. The van der Waals surface area contributed by atoms with Crippen LogP contribution in [0.1, 0.15) is 16.7 Å². The maximum Gasteiger partial charge on any atom is 0.282 e. The Labute approximate surface area is 167 Å². The highest BCUT2D eigenvalue weighted by Gasteiger charge is 2.43. The van der Waals surface area contributed by atoms with Crippen LogP contribution in [-0.2, 0) is 14.3 Å². The van der Waals surface area contributed by atoms with Gasteiger partial charge in [0.15, 0.2) is 0 Å². The third-order valence-corrected chi connectivity index (χ3v) is 5.33. The molecule has 2 aromatic rings. The number of ether oxygens (including phenoxy) is 1. The minimum atomic E-state index is -0.964. The highest BCUT2D eigenvalue weighted by Crippen LogP contribution is 2.36. The number of aryl methyl sites for hydroxylation is 2. The molecule has 7 heteroatoms. The first-order valence-corrected chi connectivity index (χ1v) is 9.37. The van der Waals surface area contributed by atoms with E-state index >= 15 is 0 Å². The Morgan fingerprint density at radius 2 is 1.62 bits per heavy atom. The number of benzene rings is 2. The standard InChI is InChI=1S/C22H20F2N2O3/c1-13-3-4-15(11-14(13)2)19-20(25-7-9-29-10-8-25)22(28)26(21(19)27)18-6-5-16(23)12-17(18)24/h3-6,11-12H,7-10H2,1-2H3. The lowest BCUT2D eigenvalue weighted by atomic mass is 9.99. The molecule has 0 saturated carbocycles. The summed E-state index contributed by atoms with van der Waals surface area (Å²) in [5.74, 6) is -2.98. The van der Waals surface area contributed by atoms with Crippen LogP contribution in [0.2, 0.25) is 0 Å². The molecular weight excluding hydrogens is 378 g/mol. The van der Waals surface area contributed by atoms with Crippen LogP contribution in [-0.4, -0.2) is 43.0 Å². The summed E-state index contributed by atoms with van der Waals surface area (Å²) < 4.78 is 33.2. The molecular formula is C22H20F2N2O3. The average molecular weight is 398 g/mol. The molecule has 0 N–H and O–H groups in total. The van der Waals surface area contributed by atoms with Crippen LogP contribution >= 0.6 is 0 Å². The van der Waals surface area contributed by atoms with Crippen molar-refractivity contribution >= 4 is 23.1 Å². The van der Waals surface area contributed by atoms with Crippen molar-refractivity contribution < 1.29 is 23.1 Å². The zero-order valence-electron chi connectivity index (χ0n) is 16.2. The summed E-state index contributed by atoms with van der Waals surface area (Å²) >= 11 is 0. The normalized spacial score (nSPS) is 17.5. The highest BCUT2D eigenvalue weighted by atomic mass is 19.1. The minimum Gasteiger partial charge on any atom is -0.378 e. The largest absolute Gasteiger partial charge is 0.378 e. The lowest BCUT2D eigenvalue weighted by Crippen LogP contribution is -2.40. The smallest absolute Gasteiger partial charge is 0.282 e. The van der Waals surface area contributed by atoms with Crippen molar-refractivity contribution in [2.45, 2.75) is 13.8 Å². The lowest BCUT2D eigenvalue weighted by Gasteiger charge is -2.29. The Bertz CT molecular complexity index is 1040. The molecule has 0 aromatic heterocycles. The van der Waals surface area contributed by atoms with Gasteiger partial charge in [-0.3, -0.25) is 9.59 Å². The molecule has 0 radical (unpaired) electrons. The van der Waals surface area contributed by atoms with Gasteiger partial charge in [-0.2, -0.15) is 0 Å². The zero-order valence-corrected chi connectivity index (χ0v) is 16.2. The molecule has 0 atom stereocenters. The number of imide groups is 1. The molecule has 0 spiro atoms. The number of hydrogen-bond donors (Lipinski definition) is 0. The Morgan fingerprint density at radius 3 is 2.28 bits per heavy atom. The van der Waals surface area contributed by atoms with Crippen LogP contribution in [0.3, 0.4) is 0 Å². The van der Waals surface area contributed by atoms with E-state index in [0.29, 0.717) is 37.9 Å². The number of carbonyl (C=O) groups is 2. The van der Waals surface area contributed by atoms with Gasteiger partial charge in [-0.05, 0) is 42.7 Å². The fourth-order valence-corrected chi connectivity index (χ4v) is 3.64. The van der Waals surface area contributed by atoms with Gasteiger partial charge in [-0.1, -0.05) is 18.2 Å². The first-order chi connectivity index (χ1) is 13.9. The summed E-state index contributed by atoms with van der Waals surface area (Å²) in [4.78, 5) is 29.2. The molecule has 4 rings (SSSR count). The quantitative estimate of drug-likeness (QED) is 0.745. The van der Waals surface area contributed by atoms with E-state index in [1.807, 2.05) is 26.0 Å². The Balaban J connectivity index is 1.86. The number of morpholine rings is 1. The summed E-state index contributed by atoms with van der Waals surface area (Å²) in [7, 11) is 0. The molecule has 1 saturated heterocycles. The van der Waals surface area contributed by atoms with Gasteiger partial charge < -0.3 is 9.64 Å². The van der Waals surface area contributed by atoms with Gasteiger partial charge in [-0.15, -0.1) is 0 Å². The van der Waals surface area contributed by atoms with Gasteiger partial charge >= 0.3 is 0 Å². The maximum absolute atomic E-state index is 14.4. The second-order valence-corrected chi connectivity index (χ2v) is 7.16. The first kappa shape index (κ1) is 19.3. The van der Waals surface area contributed by atoms with Gasteiger partial charge in [0, 0.05) is 19.2 Å². The molecule has 2 aliphatic rings. The van der Waals surface area contributed by atoms with E-state index in [1.165, 1.54) is 0 Å². The number of halogens is 2. The van der Waals surface area contributed by atoms with Crippen LogP contribution in [0.5, 0.6) is 0 Å². The van der Waals surface area contributed by atoms with E-state index in [2.05, 4.69) is 0 Å². The van der Waals surface area contributed by atoms with Crippen molar-refractivity contribution in [3.63, 3.8) is 0 Å². The molecule has 2 aromatic carbocycles. The summed E-state index contributed by atoms with van der Waals surface area (Å²) in [6.45, 7) is 5.63. The first-order valence-electron chi connectivity index (χ1n) is 9.37. The second-order valence-electron chi connectivity index (χ2n) is 7.16. The third kappa shape index (κ3) is 3.31. The molecule has 0 aliphatic carbocycles. The SMILES string of the molecule is Cc1ccc(C2=C(N3CCOCC3)C(=O)N(c3ccc(F)cc3F)C2=O)cc1C. The second kappa shape index (κ2) is 7.40. The maximum atomic E-state index is 14.4. The van der Waals surface area contributed by atoms with Crippen molar-refractivity contribution in [1.82, 2.24) is 4.90 Å². The predicted octanol–water partition coefficient (Wildman–Crippen LogP) is 3.20. The third-order valence-electron chi connectivity index (χ3n) is 5.33. The van der Waals surface area contributed by atoms with E-state index in [-0.39, 0.29) is 17.0 Å². The van der Waals surface area contributed by atoms with Crippen molar-refractivity contribution in [2.24, 2.45) is 0 Å². The van der Waals surface area contributed by atoms with Crippen molar-refractivity contribution in [1.29, 1.82) is 0 Å². The molecule has 2 heterocycles. The number of hydrogen-bond acceptors (Lipinski definition) is 4.